The van der Waals surface area contributed by atoms with Crippen LogP contribution in [-0.2, 0) is 6.54 Å². The number of hydrogen-bond acceptors (Lipinski definition) is 1. The van der Waals surface area contributed by atoms with Gasteiger partial charge in [0.15, 0.2) is 0 Å². The van der Waals surface area contributed by atoms with Crippen molar-refractivity contribution in [1.82, 2.24) is 5.32 Å². The van der Waals surface area contributed by atoms with Gasteiger partial charge in [0.1, 0.15) is 0 Å². The maximum absolute atomic E-state index is 6.31. The van der Waals surface area contributed by atoms with Crippen molar-refractivity contribution in [2.45, 2.75) is 6.54 Å². The van der Waals surface area contributed by atoms with E-state index in [0.717, 1.165) is 38.5 Å². The summed E-state index contributed by atoms with van der Waals surface area (Å²) in [5.41, 5.74) is 3.52. The van der Waals surface area contributed by atoms with Crippen molar-refractivity contribution in [3.8, 4) is 11.1 Å². The molecule has 0 aliphatic rings. The van der Waals surface area contributed by atoms with Crippen LogP contribution in [0.25, 0.3) is 21.9 Å². The summed E-state index contributed by atoms with van der Waals surface area (Å²) in [6, 6.07) is 18.2. The predicted molar refractivity (Wildman–Crippen MR) is 92.2 cm³/mol. The van der Waals surface area contributed by atoms with Crippen LogP contribution < -0.4 is 5.32 Å². The first-order valence-corrected chi connectivity index (χ1v) is 7.57. The summed E-state index contributed by atoms with van der Waals surface area (Å²) in [5.74, 6) is 0. The molecule has 3 aromatic rings. The average Bonchev–Trinajstić information content (AvgIpc) is 2.50. The third kappa shape index (κ3) is 2.77. The lowest BCUT2D eigenvalue weighted by Gasteiger charge is -2.13. The van der Waals surface area contributed by atoms with Crippen molar-refractivity contribution in [3.05, 3.63) is 70.2 Å². The van der Waals surface area contributed by atoms with Gasteiger partial charge in [-0.05, 0) is 47.3 Å². The molecule has 0 aromatic heterocycles. The Morgan fingerprint density at radius 1 is 0.857 bits per heavy atom. The molecule has 3 heteroatoms. The Morgan fingerprint density at radius 3 is 2.38 bits per heavy atom. The first-order valence-electron chi connectivity index (χ1n) is 6.81. The minimum absolute atomic E-state index is 0.740. The van der Waals surface area contributed by atoms with Crippen LogP contribution in [0.1, 0.15) is 5.56 Å². The highest BCUT2D eigenvalue weighted by molar-refractivity contribution is 6.36. The van der Waals surface area contributed by atoms with Gasteiger partial charge in [-0.2, -0.15) is 0 Å². The lowest BCUT2D eigenvalue weighted by atomic mass is 9.94. The lowest BCUT2D eigenvalue weighted by molar-refractivity contribution is 0.819. The summed E-state index contributed by atoms with van der Waals surface area (Å²) in [6.45, 7) is 0.795. The van der Waals surface area contributed by atoms with E-state index in [-0.39, 0.29) is 0 Å². The zero-order valence-electron chi connectivity index (χ0n) is 11.7. The highest BCUT2D eigenvalue weighted by Gasteiger charge is 2.10. The van der Waals surface area contributed by atoms with Crippen molar-refractivity contribution in [3.63, 3.8) is 0 Å². The molecule has 1 N–H and O–H groups in total. The van der Waals surface area contributed by atoms with Crippen LogP contribution >= 0.6 is 23.2 Å². The van der Waals surface area contributed by atoms with Gasteiger partial charge in [-0.15, -0.1) is 0 Å². The number of fused-ring (bicyclic) bond motifs is 1. The van der Waals surface area contributed by atoms with E-state index in [1.54, 1.807) is 0 Å². The predicted octanol–water partition coefficient (Wildman–Crippen LogP) is 5.53. The Hall–Kier alpha value is -1.54. The zero-order valence-corrected chi connectivity index (χ0v) is 13.2. The quantitative estimate of drug-likeness (QED) is 0.669. The normalized spacial score (nSPS) is 11.0. The fraction of sp³-hybridized carbons (Fsp3) is 0.111. The first kappa shape index (κ1) is 14.4. The van der Waals surface area contributed by atoms with E-state index in [0.29, 0.717) is 0 Å². The van der Waals surface area contributed by atoms with E-state index in [9.17, 15) is 0 Å². The summed E-state index contributed by atoms with van der Waals surface area (Å²) >= 11 is 12.5. The highest BCUT2D eigenvalue weighted by atomic mass is 35.5. The fourth-order valence-electron chi connectivity index (χ4n) is 2.64. The van der Waals surface area contributed by atoms with Crippen LogP contribution in [0.3, 0.4) is 0 Å². The molecule has 0 unspecified atom stereocenters. The smallest absolute Gasteiger partial charge is 0.0484 e. The molecule has 3 rings (SSSR count). The number of halogens is 2. The Balaban J connectivity index is 2.30. The molecule has 0 saturated carbocycles. The van der Waals surface area contributed by atoms with Gasteiger partial charge in [0.05, 0.1) is 0 Å². The second-order valence-electron chi connectivity index (χ2n) is 4.97. The molecule has 21 heavy (non-hydrogen) atoms. The SMILES string of the molecule is CNCc1ccc(Cl)cc1-c1ccc(Cl)c2ccccc12. The van der Waals surface area contributed by atoms with Crippen molar-refractivity contribution >= 4 is 34.0 Å². The maximum atomic E-state index is 6.31. The van der Waals surface area contributed by atoms with E-state index in [4.69, 9.17) is 23.2 Å². The molecule has 0 radical (unpaired) electrons. The summed E-state index contributed by atoms with van der Waals surface area (Å²) < 4.78 is 0. The second kappa shape index (κ2) is 6.07. The Labute approximate surface area is 134 Å². The number of rotatable bonds is 3. The molecule has 0 aliphatic heterocycles. The van der Waals surface area contributed by atoms with Gasteiger partial charge in [0.25, 0.3) is 0 Å². The van der Waals surface area contributed by atoms with Gasteiger partial charge >= 0.3 is 0 Å². The molecule has 0 amide bonds. The average molecular weight is 316 g/mol. The minimum Gasteiger partial charge on any atom is -0.316 e. The van der Waals surface area contributed by atoms with Gasteiger partial charge in [-0.3, -0.25) is 0 Å². The molecule has 3 aromatic carbocycles. The molecular weight excluding hydrogens is 301 g/mol. The molecule has 106 valence electrons. The Bertz CT molecular complexity index is 796. The molecule has 0 spiro atoms. The van der Waals surface area contributed by atoms with Crippen LogP contribution in [0.5, 0.6) is 0 Å². The van der Waals surface area contributed by atoms with Gasteiger partial charge in [-0.25, -0.2) is 0 Å². The first-order chi connectivity index (χ1) is 10.2. The van der Waals surface area contributed by atoms with E-state index in [1.165, 1.54) is 5.56 Å². The molecule has 0 heterocycles. The topological polar surface area (TPSA) is 12.0 Å². The molecule has 0 atom stereocenters. The molecule has 0 fully saturated rings. The molecule has 1 nitrogen and oxygen atoms in total. The van der Waals surface area contributed by atoms with Crippen LogP contribution in [0.2, 0.25) is 10.0 Å². The van der Waals surface area contributed by atoms with Crippen LogP contribution in [-0.4, -0.2) is 7.05 Å². The van der Waals surface area contributed by atoms with E-state index < -0.39 is 0 Å². The van der Waals surface area contributed by atoms with Crippen LogP contribution in [0.4, 0.5) is 0 Å². The molecule has 0 bridgehead atoms. The van der Waals surface area contributed by atoms with Crippen molar-refractivity contribution < 1.29 is 0 Å². The monoisotopic (exact) mass is 315 g/mol. The van der Waals surface area contributed by atoms with Gasteiger partial charge < -0.3 is 5.32 Å². The van der Waals surface area contributed by atoms with Crippen molar-refractivity contribution in [2.75, 3.05) is 7.05 Å². The van der Waals surface area contributed by atoms with Crippen molar-refractivity contribution in [2.24, 2.45) is 0 Å². The zero-order chi connectivity index (χ0) is 14.8. The Morgan fingerprint density at radius 2 is 1.62 bits per heavy atom. The van der Waals surface area contributed by atoms with Gasteiger partial charge in [0, 0.05) is 22.0 Å². The summed E-state index contributed by atoms with van der Waals surface area (Å²) in [7, 11) is 1.94. The standard InChI is InChI=1S/C18H15Cl2N/c1-21-11-12-6-7-13(19)10-17(12)15-8-9-18(20)16-5-3-2-4-14(15)16/h2-10,21H,11H2,1H3. The number of benzene rings is 3. The van der Waals surface area contributed by atoms with E-state index >= 15 is 0 Å². The lowest BCUT2D eigenvalue weighted by Crippen LogP contribution is -2.06. The van der Waals surface area contributed by atoms with E-state index in [1.807, 2.05) is 43.4 Å². The second-order valence-corrected chi connectivity index (χ2v) is 5.82. The summed E-state index contributed by atoms with van der Waals surface area (Å²) in [6.07, 6.45) is 0. The van der Waals surface area contributed by atoms with Gasteiger partial charge in [0.2, 0.25) is 0 Å². The molecular formula is C18H15Cl2N. The van der Waals surface area contributed by atoms with Crippen LogP contribution in [0.15, 0.2) is 54.6 Å². The van der Waals surface area contributed by atoms with E-state index in [2.05, 4.69) is 23.5 Å². The summed E-state index contributed by atoms with van der Waals surface area (Å²) in [5, 5.41) is 6.92. The number of nitrogens with one attached hydrogen (secondary N) is 1. The van der Waals surface area contributed by atoms with Crippen molar-refractivity contribution in [1.29, 1.82) is 0 Å². The third-order valence-electron chi connectivity index (χ3n) is 3.60. The summed E-state index contributed by atoms with van der Waals surface area (Å²) in [4.78, 5) is 0. The third-order valence-corrected chi connectivity index (χ3v) is 4.16. The Kier molecular flexibility index (Phi) is 4.16. The number of hydrogen-bond donors (Lipinski definition) is 1. The maximum Gasteiger partial charge on any atom is 0.0484 e. The fourth-order valence-corrected chi connectivity index (χ4v) is 3.04. The minimum atomic E-state index is 0.740. The molecule has 0 aliphatic carbocycles. The largest absolute Gasteiger partial charge is 0.316 e. The van der Waals surface area contributed by atoms with Gasteiger partial charge in [-0.1, -0.05) is 59.6 Å². The molecule has 0 saturated heterocycles. The van der Waals surface area contributed by atoms with Crippen LogP contribution in [0, 0.1) is 0 Å². The highest BCUT2D eigenvalue weighted by Crippen LogP contribution is 2.35.